The zero-order valence-electron chi connectivity index (χ0n) is 7.39. The van der Waals surface area contributed by atoms with E-state index < -0.39 is 0 Å². The highest BCUT2D eigenvalue weighted by molar-refractivity contribution is 14.1. The minimum absolute atomic E-state index is 0.421. The molecule has 0 radical (unpaired) electrons. The minimum atomic E-state index is 0.421. The first-order valence-corrected chi connectivity index (χ1v) is 5.12. The van der Waals surface area contributed by atoms with Gasteiger partial charge in [-0.15, -0.1) is 0 Å². The molecule has 0 N–H and O–H groups in total. The van der Waals surface area contributed by atoms with Crippen molar-refractivity contribution in [1.29, 1.82) is 0 Å². The number of halogens is 1. The predicted molar refractivity (Wildman–Crippen MR) is 58.8 cm³/mol. The standard InChI is InChI=1S/C10H15I/c1-10(2,3)8-4-6-9(11)7-5-8/h4,6-8H,5H2,1-3H3/t8-/m1/s1. The van der Waals surface area contributed by atoms with E-state index >= 15 is 0 Å². The minimum Gasteiger partial charge on any atom is -0.0795 e. The van der Waals surface area contributed by atoms with Gasteiger partial charge in [0.05, 0.1) is 0 Å². The topological polar surface area (TPSA) is 0 Å². The molecule has 0 bridgehead atoms. The van der Waals surface area contributed by atoms with Gasteiger partial charge in [-0.1, -0.05) is 39.0 Å². The van der Waals surface area contributed by atoms with Crippen LogP contribution in [0, 0.1) is 11.3 Å². The molecule has 0 aromatic rings. The van der Waals surface area contributed by atoms with Gasteiger partial charge in [-0.25, -0.2) is 0 Å². The predicted octanol–water partition coefficient (Wildman–Crippen LogP) is 3.93. The van der Waals surface area contributed by atoms with Crippen LogP contribution in [0.5, 0.6) is 0 Å². The van der Waals surface area contributed by atoms with Gasteiger partial charge in [-0.3, -0.25) is 0 Å². The second-order valence-electron chi connectivity index (χ2n) is 4.16. The molecule has 0 nitrogen and oxygen atoms in total. The maximum atomic E-state index is 2.37. The van der Waals surface area contributed by atoms with Gasteiger partial charge >= 0.3 is 0 Å². The summed E-state index contributed by atoms with van der Waals surface area (Å²) in [6.07, 6.45) is 8.08. The summed E-state index contributed by atoms with van der Waals surface area (Å²) < 4.78 is 1.38. The van der Waals surface area contributed by atoms with Gasteiger partial charge in [0.25, 0.3) is 0 Å². The third-order valence-corrected chi connectivity index (χ3v) is 2.97. The van der Waals surface area contributed by atoms with Crippen LogP contribution in [0.4, 0.5) is 0 Å². The highest BCUT2D eigenvalue weighted by atomic mass is 127. The maximum Gasteiger partial charge on any atom is 0.00871 e. The Morgan fingerprint density at radius 3 is 2.45 bits per heavy atom. The van der Waals surface area contributed by atoms with Gasteiger partial charge in [-0.05, 0) is 40.3 Å². The van der Waals surface area contributed by atoms with E-state index in [1.165, 1.54) is 10.0 Å². The van der Waals surface area contributed by atoms with Crippen LogP contribution in [0.25, 0.3) is 0 Å². The fourth-order valence-corrected chi connectivity index (χ4v) is 1.70. The molecule has 1 aliphatic rings. The molecule has 0 saturated carbocycles. The first-order chi connectivity index (χ1) is 5.00. The second-order valence-corrected chi connectivity index (χ2v) is 5.40. The van der Waals surface area contributed by atoms with Crippen LogP contribution in [0.15, 0.2) is 21.8 Å². The Labute approximate surface area is 82.9 Å². The van der Waals surface area contributed by atoms with Gasteiger partial charge in [0.15, 0.2) is 0 Å². The summed E-state index contributed by atoms with van der Waals surface area (Å²) in [5.41, 5.74) is 0.421. The van der Waals surface area contributed by atoms with Crippen LogP contribution in [-0.2, 0) is 0 Å². The lowest BCUT2D eigenvalue weighted by atomic mass is 9.77. The average molecular weight is 262 g/mol. The van der Waals surface area contributed by atoms with Crippen molar-refractivity contribution in [1.82, 2.24) is 0 Å². The van der Waals surface area contributed by atoms with Gasteiger partial charge in [-0.2, -0.15) is 0 Å². The molecular weight excluding hydrogens is 247 g/mol. The van der Waals surface area contributed by atoms with Crippen molar-refractivity contribution >= 4 is 22.6 Å². The average Bonchev–Trinajstić information content (AvgIpc) is 1.86. The lowest BCUT2D eigenvalue weighted by Crippen LogP contribution is -2.18. The Bertz CT molecular complexity index is 193. The van der Waals surface area contributed by atoms with E-state index in [1.807, 2.05) is 0 Å². The summed E-state index contributed by atoms with van der Waals surface area (Å²) >= 11 is 2.37. The van der Waals surface area contributed by atoms with Gasteiger partial charge in [0.2, 0.25) is 0 Å². The Morgan fingerprint density at radius 2 is 2.09 bits per heavy atom. The summed E-state index contributed by atoms with van der Waals surface area (Å²) in [6.45, 7) is 6.90. The quantitative estimate of drug-likeness (QED) is 0.580. The number of allylic oxidation sites excluding steroid dienone is 4. The molecule has 0 aliphatic heterocycles. The van der Waals surface area contributed by atoms with Gasteiger partial charge in [0, 0.05) is 3.58 Å². The third kappa shape index (κ3) is 2.62. The van der Waals surface area contributed by atoms with E-state index in [2.05, 4.69) is 61.6 Å². The van der Waals surface area contributed by atoms with E-state index in [4.69, 9.17) is 0 Å². The van der Waals surface area contributed by atoms with E-state index in [1.54, 1.807) is 0 Å². The van der Waals surface area contributed by atoms with Crippen LogP contribution >= 0.6 is 22.6 Å². The Morgan fingerprint density at radius 1 is 1.45 bits per heavy atom. The highest BCUT2D eigenvalue weighted by Gasteiger charge is 2.22. The zero-order chi connectivity index (χ0) is 8.48. The summed E-state index contributed by atoms with van der Waals surface area (Å²) in [7, 11) is 0. The van der Waals surface area contributed by atoms with E-state index in [0.29, 0.717) is 5.41 Å². The fourth-order valence-electron chi connectivity index (χ4n) is 1.24. The first kappa shape index (κ1) is 9.30. The van der Waals surface area contributed by atoms with Crippen molar-refractivity contribution in [3.63, 3.8) is 0 Å². The smallest absolute Gasteiger partial charge is 0.00871 e. The third-order valence-electron chi connectivity index (χ3n) is 2.17. The summed E-state index contributed by atoms with van der Waals surface area (Å²) in [4.78, 5) is 0. The molecule has 1 rings (SSSR count). The molecule has 0 amide bonds. The number of hydrogen-bond donors (Lipinski definition) is 0. The van der Waals surface area contributed by atoms with E-state index in [9.17, 15) is 0 Å². The van der Waals surface area contributed by atoms with Gasteiger partial charge < -0.3 is 0 Å². The van der Waals surface area contributed by atoms with Crippen molar-refractivity contribution in [2.24, 2.45) is 11.3 Å². The molecule has 0 unspecified atom stereocenters. The molecule has 62 valence electrons. The van der Waals surface area contributed by atoms with E-state index in [-0.39, 0.29) is 0 Å². The zero-order valence-corrected chi connectivity index (χ0v) is 9.55. The Balaban J connectivity index is 2.63. The summed E-state index contributed by atoms with van der Waals surface area (Å²) in [5.74, 6) is 0.723. The van der Waals surface area contributed by atoms with Crippen molar-refractivity contribution in [3.05, 3.63) is 21.8 Å². The molecule has 0 fully saturated rings. The molecule has 0 spiro atoms. The van der Waals surface area contributed by atoms with E-state index in [0.717, 1.165) is 5.92 Å². The molecule has 0 aromatic carbocycles. The number of hydrogen-bond acceptors (Lipinski definition) is 0. The molecule has 0 aromatic heterocycles. The Hall–Kier alpha value is 0.210. The van der Waals surface area contributed by atoms with Crippen molar-refractivity contribution in [3.8, 4) is 0 Å². The molecule has 0 heterocycles. The highest BCUT2D eigenvalue weighted by Crippen LogP contribution is 2.34. The lowest BCUT2D eigenvalue weighted by Gasteiger charge is -2.28. The van der Waals surface area contributed by atoms with Crippen molar-refractivity contribution in [2.75, 3.05) is 0 Å². The molecular formula is C10H15I. The first-order valence-electron chi connectivity index (χ1n) is 4.04. The summed E-state index contributed by atoms with van der Waals surface area (Å²) in [6, 6.07) is 0. The molecule has 1 aliphatic carbocycles. The van der Waals surface area contributed by atoms with Crippen molar-refractivity contribution < 1.29 is 0 Å². The van der Waals surface area contributed by atoms with Crippen LogP contribution in [0.1, 0.15) is 27.2 Å². The molecule has 11 heavy (non-hydrogen) atoms. The normalized spacial score (nSPS) is 25.1. The van der Waals surface area contributed by atoms with Crippen LogP contribution in [0.2, 0.25) is 0 Å². The van der Waals surface area contributed by atoms with Crippen LogP contribution < -0.4 is 0 Å². The maximum absolute atomic E-state index is 2.37. The lowest BCUT2D eigenvalue weighted by molar-refractivity contribution is 0.293. The Kier molecular flexibility index (Phi) is 2.79. The monoisotopic (exact) mass is 262 g/mol. The number of rotatable bonds is 0. The summed E-state index contributed by atoms with van der Waals surface area (Å²) in [5, 5.41) is 0. The largest absolute Gasteiger partial charge is 0.0795 e. The van der Waals surface area contributed by atoms with Gasteiger partial charge in [0.1, 0.15) is 0 Å². The molecule has 1 heteroatoms. The van der Waals surface area contributed by atoms with Crippen molar-refractivity contribution in [2.45, 2.75) is 27.2 Å². The molecule has 1 atom stereocenters. The fraction of sp³-hybridized carbons (Fsp3) is 0.600. The molecule has 0 saturated heterocycles. The van der Waals surface area contributed by atoms with Crippen LogP contribution in [0.3, 0.4) is 0 Å². The van der Waals surface area contributed by atoms with Crippen LogP contribution in [-0.4, -0.2) is 0 Å². The SMILES string of the molecule is CC(C)(C)[C@@H]1C=CC(I)=CC1. The second kappa shape index (κ2) is 3.30.